The molecule has 26 heavy (non-hydrogen) atoms. The minimum atomic E-state index is -0.909. The average Bonchev–Trinajstić information content (AvgIpc) is 3.06. The Morgan fingerprint density at radius 1 is 1.00 bits per heavy atom. The van der Waals surface area contributed by atoms with E-state index in [9.17, 15) is 9.90 Å². The summed E-state index contributed by atoms with van der Waals surface area (Å²) in [7, 11) is 0. The second kappa shape index (κ2) is 6.48. The fourth-order valence-corrected chi connectivity index (χ4v) is 3.13. The van der Waals surface area contributed by atoms with Gasteiger partial charge in [0, 0.05) is 6.42 Å². The van der Waals surface area contributed by atoms with Gasteiger partial charge in [0.2, 0.25) is 0 Å². The van der Waals surface area contributed by atoms with Crippen molar-refractivity contribution in [2.75, 3.05) is 0 Å². The van der Waals surface area contributed by atoms with Crippen LogP contribution in [0.3, 0.4) is 0 Å². The molecule has 1 heterocycles. The third kappa shape index (κ3) is 3.09. The van der Waals surface area contributed by atoms with Crippen LogP contribution in [-0.4, -0.2) is 16.8 Å². The van der Waals surface area contributed by atoms with Gasteiger partial charge < -0.3 is 9.84 Å². The summed E-state index contributed by atoms with van der Waals surface area (Å²) in [5.74, 6) is 0.624. The molecule has 0 fully saturated rings. The molecule has 128 valence electrons. The highest BCUT2D eigenvalue weighted by atomic mass is 16.5. The van der Waals surface area contributed by atoms with E-state index in [0.29, 0.717) is 12.0 Å². The third-order valence-corrected chi connectivity index (χ3v) is 4.37. The number of ether oxygens (including phenoxy) is 1. The van der Waals surface area contributed by atoms with Crippen molar-refractivity contribution in [3.05, 3.63) is 89.0 Å². The zero-order chi connectivity index (χ0) is 18.1. The molecule has 1 aliphatic heterocycles. The molecule has 3 aromatic carbocycles. The first-order chi connectivity index (χ1) is 12.6. The van der Waals surface area contributed by atoms with Gasteiger partial charge in [0.15, 0.2) is 0 Å². The summed E-state index contributed by atoms with van der Waals surface area (Å²) in [5.41, 5.74) is 4.61. The summed E-state index contributed by atoms with van der Waals surface area (Å²) in [6, 6.07) is 21.0. The molecule has 4 heteroatoms. The van der Waals surface area contributed by atoms with Crippen molar-refractivity contribution in [3.8, 4) is 11.5 Å². The summed E-state index contributed by atoms with van der Waals surface area (Å²) < 4.78 is 5.81. The Kier molecular flexibility index (Phi) is 4.01. The molecule has 1 aliphatic rings. The Hall–Kier alpha value is -3.40. The standard InChI is InChI=1S/C22H17NO3/c1-14-11-19(22(24)25)18-13-20(23-21(18)12-14)15-7-9-17(10-8-15)26-16-5-3-2-4-6-16/h2-12H,13H2,1H3,(H,24,25). The fourth-order valence-electron chi connectivity index (χ4n) is 3.13. The molecule has 0 saturated carbocycles. The van der Waals surface area contributed by atoms with Crippen LogP contribution in [-0.2, 0) is 6.42 Å². The monoisotopic (exact) mass is 343 g/mol. The number of aromatic carboxylic acids is 1. The predicted molar refractivity (Wildman–Crippen MR) is 101 cm³/mol. The van der Waals surface area contributed by atoms with Gasteiger partial charge in [-0.1, -0.05) is 18.2 Å². The van der Waals surface area contributed by atoms with Crippen molar-refractivity contribution < 1.29 is 14.6 Å². The minimum Gasteiger partial charge on any atom is -0.478 e. The number of carboxylic acid groups (broad SMARTS) is 1. The molecule has 0 bridgehead atoms. The highest BCUT2D eigenvalue weighted by molar-refractivity contribution is 6.08. The van der Waals surface area contributed by atoms with Gasteiger partial charge in [-0.05, 0) is 72.1 Å². The molecule has 0 amide bonds. The zero-order valence-corrected chi connectivity index (χ0v) is 14.3. The van der Waals surface area contributed by atoms with Gasteiger partial charge in [0.05, 0.1) is 17.0 Å². The van der Waals surface area contributed by atoms with Crippen LogP contribution < -0.4 is 4.74 Å². The van der Waals surface area contributed by atoms with Crippen molar-refractivity contribution in [2.45, 2.75) is 13.3 Å². The van der Waals surface area contributed by atoms with E-state index < -0.39 is 5.97 Å². The molecule has 0 saturated heterocycles. The van der Waals surface area contributed by atoms with Crippen LogP contribution >= 0.6 is 0 Å². The second-order valence-corrected chi connectivity index (χ2v) is 6.29. The molecule has 0 spiro atoms. The number of nitrogens with zero attached hydrogens (tertiary/aromatic N) is 1. The molecule has 4 rings (SSSR count). The van der Waals surface area contributed by atoms with Gasteiger partial charge in [-0.15, -0.1) is 0 Å². The van der Waals surface area contributed by atoms with E-state index in [2.05, 4.69) is 4.99 Å². The van der Waals surface area contributed by atoms with E-state index in [4.69, 9.17) is 4.74 Å². The van der Waals surface area contributed by atoms with Crippen LogP contribution in [0.1, 0.15) is 27.0 Å². The number of aliphatic imine (C=N–C) groups is 1. The molecule has 0 atom stereocenters. The molecule has 3 aromatic rings. The second-order valence-electron chi connectivity index (χ2n) is 6.29. The SMILES string of the molecule is Cc1cc2c(c(C(=O)O)c1)CC(c1ccc(Oc3ccccc3)cc1)=N2. The third-order valence-electron chi connectivity index (χ3n) is 4.37. The lowest BCUT2D eigenvalue weighted by Gasteiger charge is -2.07. The number of para-hydroxylation sites is 1. The van der Waals surface area contributed by atoms with Gasteiger partial charge in [0.25, 0.3) is 0 Å². The number of rotatable bonds is 4. The van der Waals surface area contributed by atoms with Crippen molar-refractivity contribution in [2.24, 2.45) is 4.99 Å². The summed E-state index contributed by atoms with van der Waals surface area (Å²) in [6.45, 7) is 1.88. The number of hydrogen-bond acceptors (Lipinski definition) is 3. The van der Waals surface area contributed by atoms with E-state index in [1.165, 1.54) is 0 Å². The number of hydrogen-bond donors (Lipinski definition) is 1. The fraction of sp³-hybridized carbons (Fsp3) is 0.0909. The maximum atomic E-state index is 11.5. The van der Waals surface area contributed by atoms with Crippen LogP contribution in [0.5, 0.6) is 11.5 Å². The van der Waals surface area contributed by atoms with E-state index in [0.717, 1.165) is 39.6 Å². The molecule has 1 N–H and O–H groups in total. The first-order valence-corrected chi connectivity index (χ1v) is 8.38. The first-order valence-electron chi connectivity index (χ1n) is 8.38. The highest BCUT2D eigenvalue weighted by Gasteiger charge is 2.22. The van der Waals surface area contributed by atoms with Gasteiger partial charge >= 0.3 is 5.97 Å². The summed E-state index contributed by atoms with van der Waals surface area (Å²) in [4.78, 5) is 16.2. The maximum Gasteiger partial charge on any atom is 0.336 e. The Morgan fingerprint density at radius 3 is 2.38 bits per heavy atom. The van der Waals surface area contributed by atoms with Crippen LogP contribution in [0.4, 0.5) is 5.69 Å². The van der Waals surface area contributed by atoms with Crippen molar-refractivity contribution in [3.63, 3.8) is 0 Å². The van der Waals surface area contributed by atoms with Crippen LogP contribution in [0.2, 0.25) is 0 Å². The van der Waals surface area contributed by atoms with Gasteiger partial charge in [-0.2, -0.15) is 0 Å². The van der Waals surface area contributed by atoms with Crippen molar-refractivity contribution >= 4 is 17.4 Å². The van der Waals surface area contributed by atoms with E-state index in [1.54, 1.807) is 6.07 Å². The smallest absolute Gasteiger partial charge is 0.336 e. The summed E-state index contributed by atoms with van der Waals surface area (Å²) >= 11 is 0. The van der Waals surface area contributed by atoms with Crippen LogP contribution in [0.25, 0.3) is 0 Å². The Labute approximate surface area is 151 Å². The average molecular weight is 343 g/mol. The van der Waals surface area contributed by atoms with E-state index >= 15 is 0 Å². The molecular weight excluding hydrogens is 326 g/mol. The Balaban J connectivity index is 1.58. The number of carboxylic acids is 1. The van der Waals surface area contributed by atoms with Gasteiger partial charge in [0.1, 0.15) is 11.5 Å². The minimum absolute atomic E-state index is 0.336. The zero-order valence-electron chi connectivity index (χ0n) is 14.3. The number of aryl methyl sites for hydroxylation is 1. The quantitative estimate of drug-likeness (QED) is 0.711. The van der Waals surface area contributed by atoms with Gasteiger partial charge in [-0.3, -0.25) is 4.99 Å². The Bertz CT molecular complexity index is 1010. The molecule has 0 radical (unpaired) electrons. The lowest BCUT2D eigenvalue weighted by atomic mass is 9.98. The predicted octanol–water partition coefficient (Wildman–Crippen LogP) is 5.16. The van der Waals surface area contributed by atoms with Gasteiger partial charge in [-0.25, -0.2) is 4.79 Å². The number of fused-ring (bicyclic) bond motifs is 1. The molecule has 0 aromatic heterocycles. The highest BCUT2D eigenvalue weighted by Crippen LogP contribution is 2.33. The molecule has 4 nitrogen and oxygen atoms in total. The lowest BCUT2D eigenvalue weighted by Crippen LogP contribution is -2.05. The summed E-state index contributed by atoms with van der Waals surface area (Å²) in [5, 5.41) is 9.44. The normalized spacial score (nSPS) is 12.4. The number of carbonyl (C=O) groups is 1. The van der Waals surface area contributed by atoms with Crippen LogP contribution in [0, 0.1) is 6.92 Å². The summed E-state index contributed by atoms with van der Waals surface area (Å²) in [6.07, 6.45) is 0.524. The lowest BCUT2D eigenvalue weighted by molar-refractivity contribution is 0.0696. The molecular formula is C22H17NO3. The Morgan fingerprint density at radius 2 is 1.69 bits per heavy atom. The maximum absolute atomic E-state index is 11.5. The van der Waals surface area contributed by atoms with E-state index in [-0.39, 0.29) is 0 Å². The molecule has 0 aliphatic carbocycles. The van der Waals surface area contributed by atoms with Crippen LogP contribution in [0.15, 0.2) is 71.7 Å². The molecule has 0 unspecified atom stereocenters. The largest absolute Gasteiger partial charge is 0.478 e. The van der Waals surface area contributed by atoms with Crippen molar-refractivity contribution in [1.29, 1.82) is 0 Å². The number of benzene rings is 3. The first kappa shape index (κ1) is 16.1. The van der Waals surface area contributed by atoms with E-state index in [1.807, 2.05) is 67.6 Å². The topological polar surface area (TPSA) is 58.9 Å². The van der Waals surface area contributed by atoms with Crippen molar-refractivity contribution in [1.82, 2.24) is 0 Å².